The molecule has 1 aliphatic heterocycles. The summed E-state index contributed by atoms with van der Waals surface area (Å²) in [6.07, 6.45) is 4.63. The van der Waals surface area contributed by atoms with Gasteiger partial charge in [-0.1, -0.05) is 0 Å². The van der Waals surface area contributed by atoms with Gasteiger partial charge in [0.05, 0.1) is 5.51 Å². The first kappa shape index (κ1) is 10.1. The Morgan fingerprint density at radius 1 is 1.64 bits per heavy atom. The van der Waals surface area contributed by atoms with Crippen LogP contribution in [0.5, 0.6) is 0 Å². The van der Waals surface area contributed by atoms with Gasteiger partial charge in [-0.2, -0.15) is 0 Å². The minimum absolute atomic E-state index is 0.816. The third kappa shape index (κ3) is 3.04. The number of aromatic nitrogens is 1. The number of nitrogens with zero attached hydrogens (tertiary/aromatic N) is 1. The molecule has 2 heterocycles. The lowest BCUT2D eigenvalue weighted by Gasteiger charge is -2.22. The van der Waals surface area contributed by atoms with Gasteiger partial charge in [-0.3, -0.25) is 4.98 Å². The van der Waals surface area contributed by atoms with Gasteiger partial charge in [0, 0.05) is 17.6 Å². The third-order valence-corrected chi connectivity index (χ3v) is 3.39. The summed E-state index contributed by atoms with van der Waals surface area (Å²) in [5.41, 5.74) is 1.89. The van der Waals surface area contributed by atoms with Crippen LogP contribution in [0, 0.1) is 5.92 Å². The van der Waals surface area contributed by atoms with E-state index in [1.54, 1.807) is 11.3 Å². The van der Waals surface area contributed by atoms with Crippen LogP contribution >= 0.6 is 11.3 Å². The van der Waals surface area contributed by atoms with Gasteiger partial charge in [-0.15, -0.1) is 11.3 Å². The topological polar surface area (TPSA) is 37.0 Å². The van der Waals surface area contributed by atoms with Crippen LogP contribution < -0.4 is 10.6 Å². The summed E-state index contributed by atoms with van der Waals surface area (Å²) in [7, 11) is 0. The van der Waals surface area contributed by atoms with E-state index in [9.17, 15) is 0 Å². The maximum absolute atomic E-state index is 4.05. The van der Waals surface area contributed by atoms with Crippen molar-refractivity contribution >= 4 is 11.3 Å². The number of nitrogens with one attached hydrogen (secondary N) is 2. The Balaban J connectivity index is 1.62. The summed E-state index contributed by atoms with van der Waals surface area (Å²) in [4.78, 5) is 5.38. The largest absolute Gasteiger partial charge is 0.316 e. The molecule has 0 bridgehead atoms. The molecule has 0 saturated carbocycles. The van der Waals surface area contributed by atoms with Crippen molar-refractivity contribution in [2.75, 3.05) is 19.6 Å². The second kappa shape index (κ2) is 5.44. The van der Waals surface area contributed by atoms with E-state index in [1.165, 1.54) is 30.8 Å². The molecule has 1 aliphatic rings. The minimum atomic E-state index is 0.816. The molecule has 14 heavy (non-hydrogen) atoms. The smallest absolute Gasteiger partial charge is 0.0794 e. The third-order valence-electron chi connectivity index (χ3n) is 2.61. The molecular weight excluding hydrogens is 194 g/mol. The SMILES string of the molecule is c1ncc(CNCC2CCCNC2)s1. The van der Waals surface area contributed by atoms with Crippen molar-refractivity contribution in [1.29, 1.82) is 0 Å². The van der Waals surface area contributed by atoms with Gasteiger partial charge in [0.1, 0.15) is 0 Å². The molecule has 1 aromatic rings. The molecule has 0 amide bonds. The van der Waals surface area contributed by atoms with Gasteiger partial charge < -0.3 is 10.6 Å². The minimum Gasteiger partial charge on any atom is -0.316 e. The monoisotopic (exact) mass is 211 g/mol. The second-order valence-corrected chi connectivity index (χ2v) is 4.78. The lowest BCUT2D eigenvalue weighted by Crippen LogP contribution is -2.35. The maximum atomic E-state index is 4.05. The van der Waals surface area contributed by atoms with Crippen molar-refractivity contribution in [1.82, 2.24) is 15.6 Å². The highest BCUT2D eigenvalue weighted by Gasteiger charge is 2.11. The molecule has 2 N–H and O–H groups in total. The Kier molecular flexibility index (Phi) is 3.91. The highest BCUT2D eigenvalue weighted by molar-refractivity contribution is 7.09. The number of rotatable bonds is 4. The van der Waals surface area contributed by atoms with Gasteiger partial charge in [-0.25, -0.2) is 0 Å². The molecule has 1 atom stereocenters. The van der Waals surface area contributed by atoms with E-state index in [2.05, 4.69) is 15.6 Å². The van der Waals surface area contributed by atoms with Crippen LogP contribution in [-0.2, 0) is 6.54 Å². The lowest BCUT2D eigenvalue weighted by molar-refractivity contribution is 0.360. The van der Waals surface area contributed by atoms with Crippen molar-refractivity contribution in [3.8, 4) is 0 Å². The summed E-state index contributed by atoms with van der Waals surface area (Å²) in [5, 5.41) is 6.92. The van der Waals surface area contributed by atoms with Crippen LogP contribution in [0.25, 0.3) is 0 Å². The standard InChI is InChI=1S/C10H17N3S/c1-2-9(4-11-3-1)5-12-6-10-7-13-8-14-10/h7-9,11-12H,1-6H2. The van der Waals surface area contributed by atoms with E-state index in [1.807, 2.05) is 11.7 Å². The van der Waals surface area contributed by atoms with Gasteiger partial charge in [-0.05, 0) is 38.4 Å². The molecular formula is C10H17N3S. The zero-order valence-corrected chi connectivity index (χ0v) is 9.15. The number of hydrogen-bond donors (Lipinski definition) is 2. The van der Waals surface area contributed by atoms with Gasteiger partial charge >= 0.3 is 0 Å². The first-order chi connectivity index (χ1) is 6.95. The quantitative estimate of drug-likeness (QED) is 0.786. The van der Waals surface area contributed by atoms with E-state index in [0.29, 0.717) is 0 Å². The molecule has 3 nitrogen and oxygen atoms in total. The molecule has 2 rings (SSSR count). The summed E-state index contributed by atoms with van der Waals surface area (Å²) in [6.45, 7) is 4.48. The van der Waals surface area contributed by atoms with Crippen LogP contribution in [0.2, 0.25) is 0 Å². The zero-order chi connectivity index (χ0) is 9.64. The molecule has 0 aliphatic carbocycles. The van der Waals surface area contributed by atoms with E-state index in [4.69, 9.17) is 0 Å². The van der Waals surface area contributed by atoms with Crippen molar-refractivity contribution in [2.24, 2.45) is 5.92 Å². The Morgan fingerprint density at radius 3 is 3.36 bits per heavy atom. The molecule has 4 heteroatoms. The van der Waals surface area contributed by atoms with Gasteiger partial charge in [0.2, 0.25) is 0 Å². The van der Waals surface area contributed by atoms with E-state index >= 15 is 0 Å². The van der Waals surface area contributed by atoms with Crippen molar-refractivity contribution in [3.05, 3.63) is 16.6 Å². The van der Waals surface area contributed by atoms with Crippen molar-refractivity contribution in [2.45, 2.75) is 19.4 Å². The number of piperidine rings is 1. The van der Waals surface area contributed by atoms with Gasteiger partial charge in [0.25, 0.3) is 0 Å². The molecule has 0 spiro atoms. The van der Waals surface area contributed by atoms with E-state index in [0.717, 1.165) is 19.0 Å². The molecule has 1 unspecified atom stereocenters. The highest BCUT2D eigenvalue weighted by Crippen LogP contribution is 2.09. The fraction of sp³-hybridized carbons (Fsp3) is 0.700. The van der Waals surface area contributed by atoms with Crippen LogP contribution in [0.3, 0.4) is 0 Å². The summed E-state index contributed by atoms with van der Waals surface area (Å²) >= 11 is 1.72. The Bertz CT molecular complexity index is 242. The Hall–Kier alpha value is -0.450. The highest BCUT2D eigenvalue weighted by atomic mass is 32.1. The van der Waals surface area contributed by atoms with Crippen LogP contribution in [0.15, 0.2) is 11.7 Å². The van der Waals surface area contributed by atoms with E-state index in [-0.39, 0.29) is 0 Å². The Labute approximate surface area is 88.9 Å². The molecule has 78 valence electrons. The summed E-state index contributed by atoms with van der Waals surface area (Å²) < 4.78 is 0. The second-order valence-electron chi connectivity index (χ2n) is 3.81. The first-order valence-electron chi connectivity index (χ1n) is 5.24. The number of hydrogen-bond acceptors (Lipinski definition) is 4. The van der Waals surface area contributed by atoms with Crippen LogP contribution in [0.4, 0.5) is 0 Å². The van der Waals surface area contributed by atoms with Crippen LogP contribution in [-0.4, -0.2) is 24.6 Å². The van der Waals surface area contributed by atoms with Crippen LogP contribution in [0.1, 0.15) is 17.7 Å². The predicted molar refractivity (Wildman–Crippen MR) is 59.4 cm³/mol. The summed E-state index contributed by atoms with van der Waals surface area (Å²) in [5.74, 6) is 0.816. The average Bonchev–Trinajstić information content (AvgIpc) is 2.72. The Morgan fingerprint density at radius 2 is 2.64 bits per heavy atom. The number of thiazole rings is 1. The van der Waals surface area contributed by atoms with Crippen molar-refractivity contribution in [3.63, 3.8) is 0 Å². The average molecular weight is 211 g/mol. The van der Waals surface area contributed by atoms with Crippen molar-refractivity contribution < 1.29 is 0 Å². The fourth-order valence-electron chi connectivity index (χ4n) is 1.83. The molecule has 0 aromatic carbocycles. The molecule has 1 saturated heterocycles. The normalized spacial score (nSPS) is 22.4. The van der Waals surface area contributed by atoms with E-state index < -0.39 is 0 Å². The first-order valence-corrected chi connectivity index (χ1v) is 6.12. The maximum Gasteiger partial charge on any atom is 0.0794 e. The lowest BCUT2D eigenvalue weighted by atomic mass is 10.00. The molecule has 1 aromatic heterocycles. The molecule has 1 fully saturated rings. The fourth-order valence-corrected chi connectivity index (χ4v) is 2.39. The molecule has 0 radical (unpaired) electrons. The summed E-state index contributed by atoms with van der Waals surface area (Å²) in [6, 6.07) is 0. The van der Waals surface area contributed by atoms with Gasteiger partial charge in [0.15, 0.2) is 0 Å². The predicted octanol–water partition coefficient (Wildman–Crippen LogP) is 1.23. The zero-order valence-electron chi connectivity index (χ0n) is 8.33.